The fourth-order valence-corrected chi connectivity index (χ4v) is 5.30. The lowest BCUT2D eigenvalue weighted by molar-refractivity contribution is -0.0508. The molecule has 1 N–H and O–H groups in total. The summed E-state index contributed by atoms with van der Waals surface area (Å²) in [6, 6.07) is 11.7. The van der Waals surface area contributed by atoms with E-state index in [-0.39, 0.29) is 6.04 Å². The van der Waals surface area contributed by atoms with Crippen LogP contribution in [0.3, 0.4) is 0 Å². The van der Waals surface area contributed by atoms with Gasteiger partial charge in [-0.1, -0.05) is 49.6 Å². The highest BCUT2D eigenvalue weighted by atomic mass is 16.3. The van der Waals surface area contributed by atoms with E-state index < -0.39 is 5.60 Å². The van der Waals surface area contributed by atoms with Crippen molar-refractivity contribution in [1.82, 2.24) is 4.90 Å². The fraction of sp³-hybridized carbons (Fsp3) is 0.684. The highest BCUT2D eigenvalue weighted by Crippen LogP contribution is 2.49. The van der Waals surface area contributed by atoms with E-state index in [0.29, 0.717) is 0 Å². The topological polar surface area (TPSA) is 23.5 Å². The van der Waals surface area contributed by atoms with Crippen molar-refractivity contribution >= 4 is 0 Å². The Morgan fingerprint density at radius 1 is 1.00 bits per heavy atom. The first kappa shape index (κ1) is 13.8. The Morgan fingerprint density at radius 2 is 1.76 bits per heavy atom. The molecule has 1 aliphatic heterocycles. The lowest BCUT2D eigenvalue weighted by Gasteiger charge is -2.42. The van der Waals surface area contributed by atoms with Gasteiger partial charge in [-0.15, -0.1) is 0 Å². The smallest absolute Gasteiger partial charge is 0.0843 e. The number of hydrogen-bond acceptors (Lipinski definition) is 2. The van der Waals surface area contributed by atoms with Gasteiger partial charge >= 0.3 is 0 Å². The quantitative estimate of drug-likeness (QED) is 0.910. The Kier molecular flexibility index (Phi) is 3.55. The second-order valence-corrected chi connectivity index (χ2v) is 7.41. The molecule has 2 aliphatic carbocycles. The van der Waals surface area contributed by atoms with Crippen LogP contribution in [0.4, 0.5) is 0 Å². The number of aliphatic hydroxyl groups is 1. The largest absolute Gasteiger partial charge is 0.388 e. The van der Waals surface area contributed by atoms with Crippen LogP contribution < -0.4 is 0 Å². The van der Waals surface area contributed by atoms with Gasteiger partial charge in [0.15, 0.2) is 0 Å². The van der Waals surface area contributed by atoms with E-state index in [0.717, 1.165) is 24.8 Å². The number of nitrogens with zero attached hydrogens (tertiary/aromatic N) is 1. The standard InChI is InChI=1S/C19H27NO/c21-19(12-4-5-13-19)18(16-7-2-1-3-8-16)20-14-11-15-9-6-10-17(15)20/h1-3,7-8,15,17-18,21H,4-6,9-14H2/t15-,17-,18+/m1/s1. The monoisotopic (exact) mass is 285 g/mol. The molecule has 114 valence electrons. The normalized spacial score (nSPS) is 33.2. The number of hydrogen-bond donors (Lipinski definition) is 1. The summed E-state index contributed by atoms with van der Waals surface area (Å²) < 4.78 is 0. The first-order valence-corrected chi connectivity index (χ1v) is 8.81. The lowest BCUT2D eigenvalue weighted by atomic mass is 9.85. The van der Waals surface area contributed by atoms with Crippen molar-refractivity contribution in [3.05, 3.63) is 35.9 Å². The van der Waals surface area contributed by atoms with Crippen LogP contribution in [0.5, 0.6) is 0 Å². The molecule has 1 saturated heterocycles. The van der Waals surface area contributed by atoms with Gasteiger partial charge in [0.25, 0.3) is 0 Å². The summed E-state index contributed by atoms with van der Waals surface area (Å²) >= 11 is 0. The van der Waals surface area contributed by atoms with Gasteiger partial charge in [-0.3, -0.25) is 4.90 Å². The van der Waals surface area contributed by atoms with E-state index >= 15 is 0 Å². The highest BCUT2D eigenvalue weighted by molar-refractivity contribution is 5.24. The molecule has 0 radical (unpaired) electrons. The maximum absolute atomic E-state index is 11.3. The number of rotatable bonds is 3. The Bertz CT molecular complexity index is 480. The van der Waals surface area contributed by atoms with Crippen LogP contribution in [0.15, 0.2) is 30.3 Å². The third kappa shape index (κ3) is 2.33. The van der Waals surface area contributed by atoms with Crippen molar-refractivity contribution < 1.29 is 5.11 Å². The third-order valence-electron chi connectivity index (χ3n) is 6.23. The summed E-state index contributed by atoms with van der Waals surface area (Å²) in [7, 11) is 0. The first-order valence-electron chi connectivity index (χ1n) is 8.81. The average molecular weight is 285 g/mol. The third-order valence-corrected chi connectivity index (χ3v) is 6.23. The SMILES string of the molecule is OC1([C@H](c2ccccc2)N2CC[C@H]3CCC[C@H]32)CCCC1. The van der Waals surface area contributed by atoms with E-state index in [1.54, 1.807) is 0 Å². The molecule has 3 aliphatic rings. The number of likely N-dealkylation sites (tertiary alicyclic amines) is 1. The Balaban J connectivity index is 1.70. The van der Waals surface area contributed by atoms with Crippen molar-refractivity contribution in [2.75, 3.05) is 6.54 Å². The van der Waals surface area contributed by atoms with Gasteiger partial charge in [-0.2, -0.15) is 0 Å². The zero-order valence-corrected chi connectivity index (χ0v) is 12.9. The maximum Gasteiger partial charge on any atom is 0.0843 e. The molecule has 0 unspecified atom stereocenters. The van der Waals surface area contributed by atoms with Gasteiger partial charge in [-0.25, -0.2) is 0 Å². The molecule has 2 heteroatoms. The Morgan fingerprint density at radius 3 is 2.52 bits per heavy atom. The van der Waals surface area contributed by atoms with Crippen molar-refractivity contribution in [2.24, 2.45) is 5.92 Å². The molecule has 3 fully saturated rings. The summed E-state index contributed by atoms with van der Waals surface area (Å²) in [6.07, 6.45) is 9.77. The minimum Gasteiger partial charge on any atom is -0.388 e. The summed E-state index contributed by atoms with van der Waals surface area (Å²) in [5, 5.41) is 11.3. The van der Waals surface area contributed by atoms with Crippen LogP contribution in [0, 0.1) is 5.92 Å². The molecule has 4 rings (SSSR count). The molecule has 0 spiro atoms. The van der Waals surface area contributed by atoms with E-state index in [2.05, 4.69) is 35.2 Å². The molecule has 1 aromatic rings. The molecule has 0 bridgehead atoms. The molecule has 2 saturated carbocycles. The van der Waals surface area contributed by atoms with Crippen LogP contribution in [-0.2, 0) is 0 Å². The van der Waals surface area contributed by atoms with Crippen molar-refractivity contribution in [1.29, 1.82) is 0 Å². The van der Waals surface area contributed by atoms with Gasteiger partial charge in [0.1, 0.15) is 0 Å². The van der Waals surface area contributed by atoms with E-state index in [4.69, 9.17) is 0 Å². The van der Waals surface area contributed by atoms with E-state index in [1.165, 1.54) is 50.6 Å². The molecule has 0 amide bonds. The van der Waals surface area contributed by atoms with Gasteiger partial charge in [0.2, 0.25) is 0 Å². The second kappa shape index (κ2) is 5.40. The van der Waals surface area contributed by atoms with Crippen molar-refractivity contribution in [3.63, 3.8) is 0 Å². The summed E-state index contributed by atoms with van der Waals surface area (Å²) in [5.41, 5.74) is 0.827. The van der Waals surface area contributed by atoms with Crippen molar-refractivity contribution in [2.45, 2.75) is 69.1 Å². The molecule has 1 aromatic carbocycles. The Hall–Kier alpha value is -0.860. The molecule has 21 heavy (non-hydrogen) atoms. The molecular weight excluding hydrogens is 258 g/mol. The minimum absolute atomic E-state index is 0.217. The molecule has 2 nitrogen and oxygen atoms in total. The van der Waals surface area contributed by atoms with Gasteiger partial charge in [0, 0.05) is 6.04 Å². The summed E-state index contributed by atoms with van der Waals surface area (Å²) in [6.45, 7) is 1.18. The lowest BCUT2D eigenvalue weighted by Crippen LogP contribution is -2.46. The number of benzene rings is 1. The van der Waals surface area contributed by atoms with Crippen LogP contribution in [0.1, 0.15) is 63.0 Å². The van der Waals surface area contributed by atoms with Crippen LogP contribution >= 0.6 is 0 Å². The highest BCUT2D eigenvalue weighted by Gasteiger charge is 2.49. The maximum atomic E-state index is 11.3. The predicted octanol–water partition coefficient (Wildman–Crippen LogP) is 3.91. The average Bonchev–Trinajstić information content (AvgIpc) is 3.19. The Labute approximate surface area is 128 Å². The van der Waals surface area contributed by atoms with Crippen LogP contribution in [0.2, 0.25) is 0 Å². The first-order chi connectivity index (χ1) is 10.3. The van der Waals surface area contributed by atoms with Gasteiger partial charge in [0.05, 0.1) is 11.6 Å². The summed E-state index contributed by atoms with van der Waals surface area (Å²) in [5.74, 6) is 0.890. The van der Waals surface area contributed by atoms with E-state index in [1.807, 2.05) is 0 Å². The molecule has 1 heterocycles. The van der Waals surface area contributed by atoms with Crippen LogP contribution in [0.25, 0.3) is 0 Å². The molecular formula is C19H27NO. The summed E-state index contributed by atoms with van der Waals surface area (Å²) in [4.78, 5) is 2.68. The van der Waals surface area contributed by atoms with E-state index in [9.17, 15) is 5.11 Å². The second-order valence-electron chi connectivity index (χ2n) is 7.41. The molecule has 0 aromatic heterocycles. The van der Waals surface area contributed by atoms with Crippen LogP contribution in [-0.4, -0.2) is 28.2 Å². The van der Waals surface area contributed by atoms with Crippen molar-refractivity contribution in [3.8, 4) is 0 Å². The minimum atomic E-state index is -0.501. The zero-order chi connectivity index (χ0) is 14.3. The zero-order valence-electron chi connectivity index (χ0n) is 12.9. The number of fused-ring (bicyclic) bond motifs is 1. The van der Waals surface area contributed by atoms with Gasteiger partial charge < -0.3 is 5.11 Å². The van der Waals surface area contributed by atoms with Gasteiger partial charge in [-0.05, 0) is 50.1 Å². The molecule has 3 atom stereocenters. The predicted molar refractivity (Wildman–Crippen MR) is 85.1 cm³/mol. The fourth-order valence-electron chi connectivity index (χ4n) is 5.30.